The van der Waals surface area contributed by atoms with Crippen molar-refractivity contribution >= 4 is 28.9 Å². The topological polar surface area (TPSA) is 17.0 Å². The highest BCUT2D eigenvalue weighted by Crippen LogP contribution is 2.14. The van der Waals surface area contributed by atoms with Gasteiger partial charge in [-0.25, -0.2) is 0 Å². The summed E-state index contributed by atoms with van der Waals surface area (Å²) in [6.07, 6.45) is 2.01. The molecule has 0 unspecified atom stereocenters. The maximum absolute atomic E-state index is 5.71. The van der Waals surface area contributed by atoms with Gasteiger partial charge in [0.1, 0.15) is 7.05 Å². The van der Waals surface area contributed by atoms with Crippen LogP contribution in [-0.4, -0.2) is 5.75 Å². The number of halogens is 1. The number of oxazole rings is 1. The molecule has 1 heterocycles. The van der Waals surface area contributed by atoms with E-state index in [0.29, 0.717) is 0 Å². The number of fused-ring (bicyclic) bond motifs is 1. The van der Waals surface area contributed by atoms with Crippen LogP contribution >= 0.6 is 11.8 Å². The molecule has 0 bridgehead atoms. The van der Waals surface area contributed by atoms with Crippen LogP contribution in [0.4, 0.5) is 0 Å². The number of aryl methyl sites for hydroxylation is 1. The molecule has 0 radical (unpaired) electrons. The van der Waals surface area contributed by atoms with E-state index < -0.39 is 0 Å². The average Bonchev–Trinajstić information content (AvgIpc) is 2.57. The third-order valence-corrected chi connectivity index (χ3v) is 2.91. The lowest BCUT2D eigenvalue weighted by atomic mass is 10.3. The SMILES string of the molecule is CCSC=Cc1oc2ccccc2[n+]1C.[I-]. The van der Waals surface area contributed by atoms with Crippen molar-refractivity contribution in [1.82, 2.24) is 0 Å². The summed E-state index contributed by atoms with van der Waals surface area (Å²) in [4.78, 5) is 0. The predicted molar refractivity (Wildman–Crippen MR) is 64.6 cm³/mol. The normalized spacial score (nSPS) is 10.9. The summed E-state index contributed by atoms with van der Waals surface area (Å²) in [5, 5.41) is 2.07. The van der Waals surface area contributed by atoms with Crippen LogP contribution in [0.25, 0.3) is 17.2 Å². The summed E-state index contributed by atoms with van der Waals surface area (Å²) in [6, 6.07) is 8.05. The Morgan fingerprint density at radius 1 is 1.38 bits per heavy atom. The van der Waals surface area contributed by atoms with E-state index in [9.17, 15) is 0 Å². The first kappa shape index (κ1) is 13.6. The number of benzene rings is 1. The maximum atomic E-state index is 5.71. The Balaban J connectivity index is 0.00000128. The molecule has 2 nitrogen and oxygen atoms in total. The molecule has 0 aliphatic carbocycles. The summed E-state index contributed by atoms with van der Waals surface area (Å²) in [6.45, 7) is 2.13. The summed E-state index contributed by atoms with van der Waals surface area (Å²) >= 11 is 1.77. The van der Waals surface area contributed by atoms with Crippen LogP contribution in [0.1, 0.15) is 12.8 Å². The van der Waals surface area contributed by atoms with E-state index in [4.69, 9.17) is 4.42 Å². The van der Waals surface area contributed by atoms with Crippen LogP contribution in [0.5, 0.6) is 0 Å². The largest absolute Gasteiger partial charge is 1.00 e. The van der Waals surface area contributed by atoms with Crippen molar-refractivity contribution in [2.24, 2.45) is 7.05 Å². The molecule has 2 aromatic rings. The number of hydrogen-bond acceptors (Lipinski definition) is 2. The third-order valence-electron chi connectivity index (χ3n) is 2.25. The van der Waals surface area contributed by atoms with E-state index in [-0.39, 0.29) is 24.0 Å². The first-order chi connectivity index (χ1) is 7.33. The molecule has 0 aliphatic rings. The minimum atomic E-state index is 0. The standard InChI is InChI=1S/C12H14NOS.HI/c1-3-15-9-8-12-13(2)10-6-4-5-7-11(10)14-12;/h4-9H,3H2,1-2H3;1H/q+1;/p-1. The zero-order valence-electron chi connectivity index (χ0n) is 9.31. The number of para-hydroxylation sites is 2. The summed E-state index contributed by atoms with van der Waals surface area (Å²) in [7, 11) is 2.02. The van der Waals surface area contributed by atoms with Gasteiger partial charge in [-0.2, -0.15) is 4.57 Å². The Morgan fingerprint density at radius 2 is 2.12 bits per heavy atom. The molecular formula is C12H14INOS. The van der Waals surface area contributed by atoms with Gasteiger partial charge in [-0.05, 0) is 17.2 Å². The molecule has 0 N–H and O–H groups in total. The second-order valence-electron chi connectivity index (χ2n) is 3.23. The smallest absolute Gasteiger partial charge is 0.374 e. The Labute approximate surface area is 117 Å². The number of nitrogens with zero attached hydrogens (tertiary/aromatic N) is 1. The van der Waals surface area contributed by atoms with Gasteiger partial charge in [-0.1, -0.05) is 19.1 Å². The molecule has 0 aliphatic heterocycles. The van der Waals surface area contributed by atoms with E-state index in [1.54, 1.807) is 11.8 Å². The van der Waals surface area contributed by atoms with Gasteiger partial charge in [-0.15, -0.1) is 11.8 Å². The third kappa shape index (κ3) is 2.79. The molecule has 2 rings (SSSR count). The molecule has 0 saturated heterocycles. The van der Waals surface area contributed by atoms with E-state index in [1.165, 1.54) is 0 Å². The van der Waals surface area contributed by atoms with Crippen molar-refractivity contribution in [1.29, 1.82) is 0 Å². The van der Waals surface area contributed by atoms with Gasteiger partial charge in [0.25, 0.3) is 5.52 Å². The molecule has 0 atom stereocenters. The zero-order valence-corrected chi connectivity index (χ0v) is 12.3. The van der Waals surface area contributed by atoms with Crippen molar-refractivity contribution in [3.8, 4) is 0 Å². The van der Waals surface area contributed by atoms with Gasteiger partial charge in [0.05, 0.1) is 6.08 Å². The Morgan fingerprint density at radius 3 is 2.81 bits per heavy atom. The van der Waals surface area contributed by atoms with Gasteiger partial charge in [-0.3, -0.25) is 0 Å². The number of aromatic nitrogens is 1. The molecule has 16 heavy (non-hydrogen) atoms. The quantitative estimate of drug-likeness (QED) is 0.574. The van der Waals surface area contributed by atoms with E-state index in [1.807, 2.05) is 31.3 Å². The van der Waals surface area contributed by atoms with Crippen LogP contribution in [-0.2, 0) is 7.05 Å². The highest BCUT2D eigenvalue weighted by Gasteiger charge is 2.14. The highest BCUT2D eigenvalue weighted by molar-refractivity contribution is 8.02. The molecule has 1 aromatic heterocycles. The highest BCUT2D eigenvalue weighted by atomic mass is 127. The summed E-state index contributed by atoms with van der Waals surface area (Å²) in [5.41, 5.74) is 2.06. The van der Waals surface area contributed by atoms with Gasteiger partial charge in [0, 0.05) is 6.07 Å². The monoisotopic (exact) mass is 347 g/mol. The Kier molecular flexibility index (Phi) is 5.34. The van der Waals surface area contributed by atoms with Gasteiger partial charge in [0.15, 0.2) is 0 Å². The maximum Gasteiger partial charge on any atom is 0.374 e. The fourth-order valence-corrected chi connectivity index (χ4v) is 1.87. The van der Waals surface area contributed by atoms with E-state index in [0.717, 1.165) is 22.7 Å². The molecular weight excluding hydrogens is 333 g/mol. The Bertz CT molecular complexity index is 493. The van der Waals surface area contributed by atoms with E-state index >= 15 is 0 Å². The van der Waals surface area contributed by atoms with Crippen molar-refractivity contribution in [3.63, 3.8) is 0 Å². The Hall–Kier alpha value is -0.490. The van der Waals surface area contributed by atoms with Crippen LogP contribution in [0, 0.1) is 0 Å². The second-order valence-corrected chi connectivity index (χ2v) is 4.41. The molecule has 0 saturated carbocycles. The van der Waals surface area contributed by atoms with Crippen molar-refractivity contribution in [2.45, 2.75) is 6.92 Å². The van der Waals surface area contributed by atoms with Crippen molar-refractivity contribution in [2.75, 3.05) is 5.75 Å². The zero-order chi connectivity index (χ0) is 10.7. The van der Waals surface area contributed by atoms with Crippen molar-refractivity contribution in [3.05, 3.63) is 35.6 Å². The predicted octanol–water partition coefficient (Wildman–Crippen LogP) is -0.0149. The van der Waals surface area contributed by atoms with Crippen LogP contribution in [0.3, 0.4) is 0 Å². The van der Waals surface area contributed by atoms with Gasteiger partial charge >= 0.3 is 5.89 Å². The first-order valence-corrected chi connectivity index (χ1v) is 6.03. The van der Waals surface area contributed by atoms with Gasteiger partial charge < -0.3 is 28.4 Å². The number of rotatable bonds is 3. The molecule has 0 spiro atoms. The summed E-state index contributed by atoms with van der Waals surface area (Å²) < 4.78 is 7.77. The van der Waals surface area contributed by atoms with Crippen LogP contribution < -0.4 is 28.5 Å². The number of hydrogen-bond donors (Lipinski definition) is 0. The lowest BCUT2D eigenvalue weighted by Gasteiger charge is -1.83. The van der Waals surface area contributed by atoms with E-state index in [2.05, 4.69) is 23.0 Å². The van der Waals surface area contributed by atoms with Crippen LogP contribution in [0.15, 0.2) is 34.1 Å². The fourth-order valence-electron chi connectivity index (χ4n) is 1.47. The van der Waals surface area contributed by atoms with Crippen molar-refractivity contribution < 1.29 is 33.0 Å². The molecule has 1 aromatic carbocycles. The first-order valence-electron chi connectivity index (χ1n) is 4.98. The van der Waals surface area contributed by atoms with Gasteiger partial charge in [0.2, 0.25) is 5.58 Å². The fraction of sp³-hybridized carbons (Fsp3) is 0.250. The average molecular weight is 347 g/mol. The summed E-state index contributed by atoms with van der Waals surface area (Å²) in [5.74, 6) is 1.97. The lowest BCUT2D eigenvalue weighted by molar-refractivity contribution is -0.652. The molecule has 86 valence electrons. The lowest BCUT2D eigenvalue weighted by Crippen LogP contribution is -3.00. The minimum Gasteiger partial charge on any atom is -1.00 e. The molecule has 0 fully saturated rings. The second kappa shape index (κ2) is 6.30. The molecule has 4 heteroatoms. The minimum absolute atomic E-state index is 0. The van der Waals surface area contributed by atoms with Crippen LogP contribution in [0.2, 0.25) is 0 Å². The number of thioether (sulfide) groups is 1. The molecule has 0 amide bonds.